The number of aryl methyl sites for hydroxylation is 1. The summed E-state index contributed by atoms with van der Waals surface area (Å²) in [6.45, 7) is 1.68. The van der Waals surface area contributed by atoms with Crippen molar-refractivity contribution in [2.45, 2.75) is 19.4 Å². The third-order valence-corrected chi connectivity index (χ3v) is 2.50. The zero-order valence-corrected chi connectivity index (χ0v) is 7.44. The van der Waals surface area contributed by atoms with E-state index in [-0.39, 0.29) is 5.82 Å². The van der Waals surface area contributed by atoms with E-state index in [4.69, 9.17) is 5.73 Å². The second kappa shape index (κ2) is 3.34. The molecule has 1 aromatic carbocycles. The first-order valence-corrected chi connectivity index (χ1v) is 4.55. The van der Waals surface area contributed by atoms with E-state index >= 15 is 0 Å². The standard InChI is InChI=1S/C10H13FN2/c11-9-4-3-7-2-1-5-13-6-8(7)10(9)12/h3-4,13H,1-2,5-6,12H2. The number of nitrogens with two attached hydrogens (primary N) is 1. The van der Waals surface area contributed by atoms with Crippen LogP contribution in [0.2, 0.25) is 0 Å². The van der Waals surface area contributed by atoms with Gasteiger partial charge in [0.15, 0.2) is 0 Å². The monoisotopic (exact) mass is 180 g/mol. The van der Waals surface area contributed by atoms with Crippen LogP contribution in [0.5, 0.6) is 0 Å². The highest BCUT2D eigenvalue weighted by Crippen LogP contribution is 2.23. The van der Waals surface area contributed by atoms with Crippen molar-refractivity contribution in [3.8, 4) is 0 Å². The summed E-state index contributed by atoms with van der Waals surface area (Å²) in [6.07, 6.45) is 2.09. The van der Waals surface area contributed by atoms with Gasteiger partial charge in [-0.25, -0.2) is 4.39 Å². The summed E-state index contributed by atoms with van der Waals surface area (Å²) in [5, 5.41) is 3.22. The molecule has 0 unspecified atom stereocenters. The Hall–Kier alpha value is -1.09. The molecule has 0 fully saturated rings. The van der Waals surface area contributed by atoms with Crippen LogP contribution in [0.3, 0.4) is 0 Å². The molecule has 0 saturated heterocycles. The fraction of sp³-hybridized carbons (Fsp3) is 0.400. The Kier molecular flexibility index (Phi) is 2.19. The van der Waals surface area contributed by atoms with Crippen molar-refractivity contribution in [1.29, 1.82) is 0 Å². The highest BCUT2D eigenvalue weighted by atomic mass is 19.1. The van der Waals surface area contributed by atoms with E-state index in [0.717, 1.165) is 24.9 Å². The van der Waals surface area contributed by atoms with Gasteiger partial charge in [-0.15, -0.1) is 0 Å². The van der Waals surface area contributed by atoms with Crippen molar-refractivity contribution in [3.05, 3.63) is 29.1 Å². The topological polar surface area (TPSA) is 38.0 Å². The number of nitrogens with one attached hydrogen (secondary N) is 1. The number of hydrogen-bond donors (Lipinski definition) is 2. The largest absolute Gasteiger partial charge is 0.396 e. The SMILES string of the molecule is Nc1c(F)ccc2c1CNCCC2. The van der Waals surface area contributed by atoms with E-state index in [0.29, 0.717) is 12.2 Å². The van der Waals surface area contributed by atoms with Crippen LogP contribution in [0.1, 0.15) is 17.5 Å². The molecule has 1 aliphatic rings. The van der Waals surface area contributed by atoms with E-state index in [1.807, 2.05) is 6.07 Å². The Morgan fingerprint density at radius 1 is 1.38 bits per heavy atom. The quantitative estimate of drug-likeness (QED) is 0.593. The highest BCUT2D eigenvalue weighted by molar-refractivity contribution is 5.52. The number of rotatable bonds is 0. The minimum absolute atomic E-state index is 0.303. The number of halogens is 1. The van der Waals surface area contributed by atoms with Gasteiger partial charge in [-0.1, -0.05) is 6.07 Å². The van der Waals surface area contributed by atoms with Crippen molar-refractivity contribution >= 4 is 5.69 Å². The first-order chi connectivity index (χ1) is 6.29. The third kappa shape index (κ3) is 1.52. The molecule has 1 aliphatic heterocycles. The maximum absolute atomic E-state index is 13.1. The average Bonchev–Trinajstić information content (AvgIpc) is 2.36. The summed E-state index contributed by atoms with van der Waals surface area (Å²) in [6, 6.07) is 3.30. The maximum Gasteiger partial charge on any atom is 0.146 e. The summed E-state index contributed by atoms with van der Waals surface area (Å²) >= 11 is 0. The first-order valence-electron chi connectivity index (χ1n) is 4.55. The molecule has 0 spiro atoms. The van der Waals surface area contributed by atoms with Crippen molar-refractivity contribution in [1.82, 2.24) is 5.32 Å². The van der Waals surface area contributed by atoms with E-state index in [9.17, 15) is 4.39 Å². The highest BCUT2D eigenvalue weighted by Gasteiger charge is 2.12. The van der Waals surface area contributed by atoms with Gasteiger partial charge in [0, 0.05) is 6.54 Å². The van der Waals surface area contributed by atoms with Crippen LogP contribution in [-0.2, 0) is 13.0 Å². The minimum Gasteiger partial charge on any atom is -0.396 e. The van der Waals surface area contributed by atoms with Crippen LogP contribution in [0.25, 0.3) is 0 Å². The van der Waals surface area contributed by atoms with Crippen LogP contribution in [0.15, 0.2) is 12.1 Å². The molecular formula is C10H13FN2. The molecule has 2 rings (SSSR count). The lowest BCUT2D eigenvalue weighted by Gasteiger charge is -2.09. The summed E-state index contributed by atoms with van der Waals surface area (Å²) in [7, 11) is 0. The Morgan fingerprint density at radius 3 is 3.08 bits per heavy atom. The maximum atomic E-state index is 13.1. The number of benzene rings is 1. The van der Waals surface area contributed by atoms with Crippen LogP contribution in [0, 0.1) is 5.82 Å². The number of fused-ring (bicyclic) bond motifs is 1. The molecule has 3 heteroatoms. The van der Waals surface area contributed by atoms with Gasteiger partial charge in [-0.2, -0.15) is 0 Å². The summed E-state index contributed by atoms with van der Waals surface area (Å²) in [4.78, 5) is 0. The summed E-state index contributed by atoms with van der Waals surface area (Å²) < 4.78 is 13.1. The fourth-order valence-corrected chi connectivity index (χ4v) is 1.74. The van der Waals surface area contributed by atoms with Gasteiger partial charge in [-0.3, -0.25) is 0 Å². The zero-order valence-electron chi connectivity index (χ0n) is 7.44. The van der Waals surface area contributed by atoms with Gasteiger partial charge in [0.2, 0.25) is 0 Å². The van der Waals surface area contributed by atoms with Gasteiger partial charge >= 0.3 is 0 Å². The molecule has 0 radical (unpaired) electrons. The Labute approximate surface area is 76.9 Å². The van der Waals surface area contributed by atoms with Crippen LogP contribution < -0.4 is 11.1 Å². The normalized spacial score (nSPS) is 16.4. The fourth-order valence-electron chi connectivity index (χ4n) is 1.74. The van der Waals surface area contributed by atoms with Crippen molar-refractivity contribution < 1.29 is 4.39 Å². The summed E-state index contributed by atoms with van der Waals surface area (Å²) in [5.41, 5.74) is 8.10. The molecule has 13 heavy (non-hydrogen) atoms. The van der Waals surface area contributed by atoms with Crippen molar-refractivity contribution in [2.24, 2.45) is 0 Å². The lowest BCUT2D eigenvalue weighted by molar-refractivity contribution is 0.627. The molecule has 0 bridgehead atoms. The molecule has 1 aromatic rings. The molecule has 1 heterocycles. The molecule has 3 N–H and O–H groups in total. The molecule has 2 nitrogen and oxygen atoms in total. The van der Waals surface area contributed by atoms with E-state index in [1.54, 1.807) is 0 Å². The molecule has 0 amide bonds. The molecule has 0 saturated carbocycles. The average molecular weight is 180 g/mol. The lowest BCUT2D eigenvalue weighted by atomic mass is 10.0. The van der Waals surface area contributed by atoms with E-state index in [1.165, 1.54) is 11.6 Å². The third-order valence-electron chi connectivity index (χ3n) is 2.50. The Morgan fingerprint density at radius 2 is 2.23 bits per heavy atom. The molecule has 70 valence electrons. The summed E-state index contributed by atoms with van der Waals surface area (Å²) in [5.74, 6) is -0.303. The van der Waals surface area contributed by atoms with Crippen molar-refractivity contribution in [3.63, 3.8) is 0 Å². The number of anilines is 1. The Balaban J connectivity index is 2.48. The zero-order chi connectivity index (χ0) is 9.26. The van der Waals surface area contributed by atoms with E-state index < -0.39 is 0 Å². The van der Waals surface area contributed by atoms with Gasteiger partial charge < -0.3 is 11.1 Å². The first kappa shape index (κ1) is 8.51. The lowest BCUT2D eigenvalue weighted by Crippen LogP contribution is -2.13. The second-order valence-electron chi connectivity index (χ2n) is 3.38. The smallest absolute Gasteiger partial charge is 0.146 e. The van der Waals surface area contributed by atoms with E-state index in [2.05, 4.69) is 5.32 Å². The van der Waals surface area contributed by atoms with Crippen LogP contribution in [0.4, 0.5) is 10.1 Å². The molecule has 0 aliphatic carbocycles. The van der Waals surface area contributed by atoms with Crippen molar-refractivity contribution in [2.75, 3.05) is 12.3 Å². The predicted molar refractivity (Wildman–Crippen MR) is 50.8 cm³/mol. The molecule has 0 atom stereocenters. The molecular weight excluding hydrogens is 167 g/mol. The van der Waals surface area contributed by atoms with Crippen LogP contribution in [-0.4, -0.2) is 6.54 Å². The number of hydrogen-bond acceptors (Lipinski definition) is 2. The van der Waals surface area contributed by atoms with Gasteiger partial charge in [0.25, 0.3) is 0 Å². The molecule has 0 aromatic heterocycles. The second-order valence-corrected chi connectivity index (χ2v) is 3.38. The van der Waals surface area contributed by atoms with Crippen LogP contribution >= 0.6 is 0 Å². The minimum atomic E-state index is -0.303. The Bertz CT molecular complexity index is 323. The van der Waals surface area contributed by atoms with Gasteiger partial charge in [0.05, 0.1) is 5.69 Å². The van der Waals surface area contributed by atoms with Gasteiger partial charge in [-0.05, 0) is 36.6 Å². The number of nitrogen functional groups attached to an aromatic ring is 1. The predicted octanol–water partition coefficient (Wildman–Crippen LogP) is 1.44. The van der Waals surface area contributed by atoms with Gasteiger partial charge in [0.1, 0.15) is 5.82 Å².